The van der Waals surface area contributed by atoms with Crippen LogP contribution in [0.1, 0.15) is 12.5 Å². The summed E-state index contributed by atoms with van der Waals surface area (Å²) in [5.41, 5.74) is 5.57. The molecule has 1 aromatic carbocycles. The van der Waals surface area contributed by atoms with Crippen LogP contribution in [0.5, 0.6) is 0 Å². The van der Waals surface area contributed by atoms with E-state index in [-0.39, 0.29) is 0 Å². The zero-order chi connectivity index (χ0) is 13.7. The summed E-state index contributed by atoms with van der Waals surface area (Å²) in [5.74, 6) is -1.38. The molecule has 1 aromatic rings. The predicted molar refractivity (Wildman–Crippen MR) is 70.2 cm³/mol. The van der Waals surface area contributed by atoms with Gasteiger partial charge in [0.2, 0.25) is 0 Å². The molecule has 1 amide bonds. The smallest absolute Gasteiger partial charge is 0.331 e. The van der Waals surface area contributed by atoms with Crippen molar-refractivity contribution in [3.05, 3.63) is 39.9 Å². The Hall–Kier alpha value is -1.52. The number of carbonyl (C=O) groups is 2. The van der Waals surface area contributed by atoms with Gasteiger partial charge in [0.15, 0.2) is 6.10 Å². The standard InChI is InChI=1S/C12H11Cl2NO3/c1-7(12(15)17)18-11(16)5-3-8-2-4-9(13)6-10(8)14/h2-7H,1H3,(H2,15,17)/b5-3+/t7-/m1/s1. The fourth-order valence-corrected chi connectivity index (χ4v) is 1.54. The Morgan fingerprint density at radius 2 is 2.06 bits per heavy atom. The van der Waals surface area contributed by atoms with Crippen LogP contribution < -0.4 is 5.73 Å². The number of amides is 1. The summed E-state index contributed by atoms with van der Waals surface area (Å²) in [6, 6.07) is 4.86. The van der Waals surface area contributed by atoms with Crippen LogP contribution >= 0.6 is 23.2 Å². The Morgan fingerprint density at radius 1 is 1.39 bits per heavy atom. The molecule has 0 aliphatic heterocycles. The first-order chi connectivity index (χ1) is 8.40. The third-order valence-electron chi connectivity index (χ3n) is 2.06. The van der Waals surface area contributed by atoms with E-state index in [1.807, 2.05) is 0 Å². The van der Waals surface area contributed by atoms with Crippen molar-refractivity contribution < 1.29 is 14.3 Å². The van der Waals surface area contributed by atoms with E-state index in [4.69, 9.17) is 33.7 Å². The number of primary amides is 1. The van der Waals surface area contributed by atoms with Gasteiger partial charge in [0.1, 0.15) is 0 Å². The molecule has 0 radical (unpaired) electrons. The van der Waals surface area contributed by atoms with Gasteiger partial charge in [-0.15, -0.1) is 0 Å². The monoisotopic (exact) mass is 287 g/mol. The Morgan fingerprint density at radius 3 is 2.61 bits per heavy atom. The Bertz CT molecular complexity index is 500. The van der Waals surface area contributed by atoms with Crippen LogP contribution in [0.3, 0.4) is 0 Å². The number of benzene rings is 1. The van der Waals surface area contributed by atoms with Gasteiger partial charge in [0, 0.05) is 16.1 Å². The van der Waals surface area contributed by atoms with Crippen molar-refractivity contribution >= 4 is 41.2 Å². The molecule has 1 atom stereocenters. The normalized spacial score (nSPS) is 12.4. The third-order valence-corrected chi connectivity index (χ3v) is 2.62. The summed E-state index contributed by atoms with van der Waals surface area (Å²) >= 11 is 11.6. The van der Waals surface area contributed by atoms with Crippen LogP contribution in [-0.4, -0.2) is 18.0 Å². The zero-order valence-corrected chi connectivity index (χ0v) is 11.0. The first-order valence-corrected chi connectivity index (χ1v) is 5.79. The Labute approximate surface area is 114 Å². The van der Waals surface area contributed by atoms with E-state index in [0.717, 1.165) is 6.08 Å². The average Bonchev–Trinajstić information content (AvgIpc) is 2.27. The molecule has 0 fully saturated rings. The van der Waals surface area contributed by atoms with Crippen LogP contribution in [0, 0.1) is 0 Å². The summed E-state index contributed by atoms with van der Waals surface area (Å²) in [7, 11) is 0. The molecule has 0 saturated carbocycles. The van der Waals surface area contributed by atoms with E-state index < -0.39 is 18.0 Å². The number of halogens is 2. The van der Waals surface area contributed by atoms with Crippen molar-refractivity contribution in [2.45, 2.75) is 13.0 Å². The molecule has 0 aromatic heterocycles. The van der Waals surface area contributed by atoms with E-state index in [9.17, 15) is 9.59 Å². The van der Waals surface area contributed by atoms with Gasteiger partial charge in [-0.05, 0) is 30.7 Å². The first-order valence-electron chi connectivity index (χ1n) is 5.03. The van der Waals surface area contributed by atoms with E-state index in [1.54, 1.807) is 18.2 Å². The highest BCUT2D eigenvalue weighted by atomic mass is 35.5. The van der Waals surface area contributed by atoms with Crippen molar-refractivity contribution in [3.63, 3.8) is 0 Å². The molecule has 0 aliphatic rings. The molecular formula is C12H11Cl2NO3. The number of ether oxygens (including phenoxy) is 1. The van der Waals surface area contributed by atoms with E-state index in [2.05, 4.69) is 0 Å². The molecule has 0 spiro atoms. The third kappa shape index (κ3) is 4.39. The van der Waals surface area contributed by atoms with E-state index in [0.29, 0.717) is 15.6 Å². The Balaban J connectivity index is 2.69. The summed E-state index contributed by atoms with van der Waals surface area (Å²) in [6.45, 7) is 1.39. The lowest BCUT2D eigenvalue weighted by molar-refractivity contribution is -0.148. The van der Waals surface area contributed by atoms with Gasteiger partial charge >= 0.3 is 5.97 Å². The first kappa shape index (κ1) is 14.5. The molecule has 1 rings (SSSR count). The number of hydrogen-bond acceptors (Lipinski definition) is 3. The van der Waals surface area contributed by atoms with E-state index >= 15 is 0 Å². The topological polar surface area (TPSA) is 69.4 Å². The van der Waals surface area contributed by atoms with Gasteiger partial charge in [0.05, 0.1) is 0 Å². The molecule has 18 heavy (non-hydrogen) atoms. The highest BCUT2D eigenvalue weighted by molar-refractivity contribution is 6.35. The van der Waals surface area contributed by atoms with Crippen molar-refractivity contribution in [1.82, 2.24) is 0 Å². The Kier molecular flexibility index (Phi) is 5.19. The minimum atomic E-state index is -0.970. The van der Waals surface area contributed by atoms with Crippen LogP contribution in [0.2, 0.25) is 10.0 Å². The zero-order valence-electron chi connectivity index (χ0n) is 9.52. The summed E-state index contributed by atoms with van der Waals surface area (Å²) in [4.78, 5) is 22.0. The molecule has 0 heterocycles. The molecule has 0 bridgehead atoms. The summed E-state index contributed by atoms with van der Waals surface area (Å²) < 4.78 is 4.73. The van der Waals surface area contributed by atoms with Crippen molar-refractivity contribution in [2.24, 2.45) is 5.73 Å². The highest BCUT2D eigenvalue weighted by Crippen LogP contribution is 2.21. The number of carbonyl (C=O) groups excluding carboxylic acids is 2. The van der Waals surface area contributed by atoms with Crippen molar-refractivity contribution in [2.75, 3.05) is 0 Å². The SMILES string of the molecule is C[C@@H](OC(=O)/C=C/c1ccc(Cl)cc1Cl)C(N)=O. The molecule has 0 unspecified atom stereocenters. The second-order valence-corrected chi connectivity index (χ2v) is 4.32. The van der Waals surface area contributed by atoms with E-state index in [1.165, 1.54) is 13.0 Å². The second kappa shape index (κ2) is 6.42. The molecule has 6 heteroatoms. The molecule has 0 saturated heterocycles. The van der Waals surface area contributed by atoms with Gasteiger partial charge in [-0.3, -0.25) is 4.79 Å². The molecule has 4 nitrogen and oxygen atoms in total. The fourth-order valence-electron chi connectivity index (χ4n) is 1.07. The second-order valence-electron chi connectivity index (χ2n) is 3.48. The molecule has 0 aliphatic carbocycles. The van der Waals surface area contributed by atoms with Gasteiger partial charge < -0.3 is 10.5 Å². The largest absolute Gasteiger partial charge is 0.449 e. The molecular weight excluding hydrogens is 277 g/mol. The fraction of sp³-hybridized carbons (Fsp3) is 0.167. The maximum absolute atomic E-state index is 11.3. The number of rotatable bonds is 4. The van der Waals surface area contributed by atoms with Crippen molar-refractivity contribution in [1.29, 1.82) is 0 Å². The van der Waals surface area contributed by atoms with Crippen LogP contribution in [0.4, 0.5) is 0 Å². The number of nitrogens with two attached hydrogens (primary N) is 1. The summed E-state index contributed by atoms with van der Waals surface area (Å²) in [5, 5.41) is 0.913. The van der Waals surface area contributed by atoms with Crippen LogP contribution in [0.15, 0.2) is 24.3 Å². The predicted octanol–water partition coefficient (Wildman–Crippen LogP) is 2.42. The number of esters is 1. The minimum absolute atomic E-state index is 0.412. The maximum Gasteiger partial charge on any atom is 0.331 e. The average molecular weight is 288 g/mol. The highest BCUT2D eigenvalue weighted by Gasteiger charge is 2.12. The molecule has 96 valence electrons. The van der Waals surface area contributed by atoms with Gasteiger partial charge in [-0.25, -0.2) is 4.79 Å². The number of hydrogen-bond donors (Lipinski definition) is 1. The summed E-state index contributed by atoms with van der Waals surface area (Å²) in [6.07, 6.45) is 1.66. The molecule has 2 N–H and O–H groups in total. The minimum Gasteiger partial charge on any atom is -0.449 e. The quantitative estimate of drug-likeness (QED) is 0.683. The van der Waals surface area contributed by atoms with Gasteiger partial charge in [-0.2, -0.15) is 0 Å². The van der Waals surface area contributed by atoms with Crippen LogP contribution in [0.25, 0.3) is 6.08 Å². The van der Waals surface area contributed by atoms with Crippen molar-refractivity contribution in [3.8, 4) is 0 Å². The maximum atomic E-state index is 11.3. The lowest BCUT2D eigenvalue weighted by Crippen LogP contribution is -2.29. The lowest BCUT2D eigenvalue weighted by Gasteiger charge is -2.06. The lowest BCUT2D eigenvalue weighted by atomic mass is 10.2. The van der Waals surface area contributed by atoms with Gasteiger partial charge in [-0.1, -0.05) is 29.3 Å². The van der Waals surface area contributed by atoms with Crippen LogP contribution in [-0.2, 0) is 14.3 Å². The van der Waals surface area contributed by atoms with Gasteiger partial charge in [0.25, 0.3) is 5.91 Å².